The molecule has 29 heavy (non-hydrogen) atoms. The fourth-order valence-corrected chi connectivity index (χ4v) is 3.86. The van der Waals surface area contributed by atoms with Crippen LogP contribution in [0.2, 0.25) is 0 Å². The third-order valence-electron chi connectivity index (χ3n) is 4.05. The number of nitrogens with zero attached hydrogens (tertiary/aromatic N) is 4. The van der Waals surface area contributed by atoms with Gasteiger partial charge >= 0.3 is 0 Å². The zero-order valence-corrected chi connectivity index (χ0v) is 19.6. The second-order valence-corrected chi connectivity index (χ2v) is 8.75. The van der Waals surface area contributed by atoms with E-state index in [0.717, 1.165) is 46.7 Å². The van der Waals surface area contributed by atoms with Crippen molar-refractivity contribution in [2.75, 3.05) is 37.9 Å². The molecule has 0 spiro atoms. The van der Waals surface area contributed by atoms with Gasteiger partial charge in [-0.15, -0.1) is 18.3 Å². The normalized spacial score (nSPS) is 14.1. The first-order valence-corrected chi connectivity index (χ1v) is 11.7. The molecule has 1 unspecified atom stereocenters. The van der Waals surface area contributed by atoms with Crippen molar-refractivity contribution in [2.24, 2.45) is 23.5 Å². The van der Waals surface area contributed by atoms with E-state index in [2.05, 4.69) is 33.8 Å². The number of hydrogen-bond acceptors (Lipinski definition) is 7. The third-order valence-corrected chi connectivity index (χ3v) is 5.77. The van der Waals surface area contributed by atoms with Crippen molar-refractivity contribution < 1.29 is 0 Å². The maximum absolute atomic E-state index is 6.32. The molecule has 1 aromatic heterocycles. The SMILES string of the molecule is C=CC/C=C(/N)SCCNC(c1cnn(C)c1)N(C)C(=N\C)/C(N)=C/CSCC. The number of nitrogens with one attached hydrogen (secondary N) is 1. The summed E-state index contributed by atoms with van der Waals surface area (Å²) in [5, 5.41) is 8.71. The number of allylic oxidation sites excluding steroid dienone is 2. The predicted octanol–water partition coefficient (Wildman–Crippen LogP) is 2.67. The second kappa shape index (κ2) is 14.2. The number of hydrogen-bond donors (Lipinski definition) is 3. The molecule has 0 aliphatic rings. The van der Waals surface area contributed by atoms with Crippen molar-refractivity contribution in [2.45, 2.75) is 19.5 Å². The first-order valence-electron chi connectivity index (χ1n) is 9.59. The molecule has 0 radical (unpaired) electrons. The maximum atomic E-state index is 6.32. The molecular weight excluding hydrogens is 402 g/mol. The molecule has 0 bridgehead atoms. The average molecular weight is 438 g/mol. The summed E-state index contributed by atoms with van der Waals surface area (Å²) >= 11 is 3.45. The van der Waals surface area contributed by atoms with Crippen LogP contribution in [0.25, 0.3) is 0 Å². The lowest BCUT2D eigenvalue weighted by Gasteiger charge is -2.31. The van der Waals surface area contributed by atoms with Gasteiger partial charge < -0.3 is 16.4 Å². The largest absolute Gasteiger partial charge is 0.396 e. The summed E-state index contributed by atoms with van der Waals surface area (Å²) in [6.45, 7) is 6.61. The van der Waals surface area contributed by atoms with Gasteiger partial charge in [-0.2, -0.15) is 16.9 Å². The number of amidine groups is 1. The summed E-state index contributed by atoms with van der Waals surface area (Å²) in [5.41, 5.74) is 14.0. The molecule has 0 saturated carbocycles. The van der Waals surface area contributed by atoms with Gasteiger partial charge in [0.15, 0.2) is 0 Å². The van der Waals surface area contributed by atoms with E-state index in [9.17, 15) is 0 Å². The summed E-state index contributed by atoms with van der Waals surface area (Å²) in [4.78, 5) is 6.50. The number of likely N-dealkylation sites (N-methyl/N-ethyl adjacent to an activating group) is 1. The molecule has 0 aromatic carbocycles. The van der Waals surface area contributed by atoms with Crippen molar-refractivity contribution >= 4 is 29.4 Å². The molecule has 0 aliphatic carbocycles. The van der Waals surface area contributed by atoms with Crippen LogP contribution in [-0.4, -0.2) is 58.4 Å². The zero-order valence-electron chi connectivity index (χ0n) is 18.0. The molecule has 9 heteroatoms. The van der Waals surface area contributed by atoms with E-state index in [-0.39, 0.29) is 6.17 Å². The molecule has 0 fully saturated rings. The van der Waals surface area contributed by atoms with Gasteiger partial charge in [-0.3, -0.25) is 15.0 Å². The number of rotatable bonds is 13. The fraction of sp³-hybridized carbons (Fsp3) is 0.500. The van der Waals surface area contributed by atoms with Crippen LogP contribution in [0.15, 0.2) is 52.9 Å². The van der Waals surface area contributed by atoms with E-state index in [1.807, 2.05) is 56.5 Å². The smallest absolute Gasteiger partial charge is 0.147 e. The molecule has 0 saturated heterocycles. The quantitative estimate of drug-likeness (QED) is 0.143. The molecule has 162 valence electrons. The summed E-state index contributed by atoms with van der Waals surface area (Å²) in [5.74, 6) is 3.52. The van der Waals surface area contributed by atoms with E-state index in [1.165, 1.54) is 0 Å². The highest BCUT2D eigenvalue weighted by atomic mass is 32.2. The first-order chi connectivity index (χ1) is 13.9. The number of aromatic nitrogens is 2. The molecular formula is C20H35N7S2. The minimum atomic E-state index is -0.104. The van der Waals surface area contributed by atoms with Gasteiger partial charge in [-0.1, -0.05) is 19.1 Å². The summed E-state index contributed by atoms with van der Waals surface area (Å²) in [6.07, 6.45) is 10.4. The van der Waals surface area contributed by atoms with Gasteiger partial charge in [-0.05, 0) is 18.2 Å². The van der Waals surface area contributed by atoms with Crippen LogP contribution < -0.4 is 16.8 Å². The van der Waals surface area contributed by atoms with E-state index < -0.39 is 0 Å². The second-order valence-electron chi connectivity index (χ2n) is 6.26. The number of thioether (sulfide) groups is 2. The van der Waals surface area contributed by atoms with E-state index in [1.54, 1.807) is 23.5 Å². The highest BCUT2D eigenvalue weighted by molar-refractivity contribution is 8.03. The Labute approximate surface area is 183 Å². The lowest BCUT2D eigenvalue weighted by Crippen LogP contribution is -2.42. The Hall–Kier alpha value is -1.84. The summed E-state index contributed by atoms with van der Waals surface area (Å²) in [6, 6.07) is 0. The first kappa shape index (κ1) is 25.2. The minimum absolute atomic E-state index is 0.104. The van der Waals surface area contributed by atoms with Gasteiger partial charge in [0.25, 0.3) is 0 Å². The van der Waals surface area contributed by atoms with Crippen molar-refractivity contribution in [1.82, 2.24) is 20.0 Å². The van der Waals surface area contributed by atoms with Gasteiger partial charge in [0.05, 0.1) is 16.9 Å². The monoisotopic (exact) mass is 437 g/mol. The van der Waals surface area contributed by atoms with Crippen molar-refractivity contribution in [3.8, 4) is 0 Å². The third kappa shape index (κ3) is 9.01. The molecule has 0 aliphatic heterocycles. The Kier molecular flexibility index (Phi) is 12.3. The van der Waals surface area contributed by atoms with E-state index in [0.29, 0.717) is 5.70 Å². The van der Waals surface area contributed by atoms with Crippen molar-refractivity contribution in [1.29, 1.82) is 0 Å². The average Bonchev–Trinajstić information content (AvgIpc) is 3.12. The van der Waals surface area contributed by atoms with Gasteiger partial charge in [0, 0.05) is 51.0 Å². The van der Waals surface area contributed by atoms with Gasteiger partial charge in [0.2, 0.25) is 0 Å². The maximum Gasteiger partial charge on any atom is 0.147 e. The zero-order chi connectivity index (χ0) is 21.6. The lowest BCUT2D eigenvalue weighted by molar-refractivity contribution is 0.317. The molecule has 5 N–H and O–H groups in total. The Bertz CT molecular complexity index is 709. The van der Waals surface area contributed by atoms with E-state index in [4.69, 9.17) is 11.5 Å². The minimum Gasteiger partial charge on any atom is -0.396 e. The molecule has 0 amide bonds. The van der Waals surface area contributed by atoms with Gasteiger partial charge in [-0.25, -0.2) is 0 Å². The van der Waals surface area contributed by atoms with Crippen molar-refractivity contribution in [3.63, 3.8) is 0 Å². The Morgan fingerprint density at radius 2 is 2.21 bits per heavy atom. The Morgan fingerprint density at radius 3 is 2.79 bits per heavy atom. The van der Waals surface area contributed by atoms with Crippen LogP contribution in [0.5, 0.6) is 0 Å². The van der Waals surface area contributed by atoms with Gasteiger partial charge in [0.1, 0.15) is 12.0 Å². The Morgan fingerprint density at radius 1 is 1.45 bits per heavy atom. The summed E-state index contributed by atoms with van der Waals surface area (Å²) < 4.78 is 1.79. The van der Waals surface area contributed by atoms with Crippen molar-refractivity contribution in [3.05, 3.63) is 53.5 Å². The van der Waals surface area contributed by atoms with Crippen LogP contribution >= 0.6 is 23.5 Å². The van der Waals surface area contributed by atoms with Crippen LogP contribution in [-0.2, 0) is 7.05 Å². The number of aryl methyl sites for hydroxylation is 1. The topological polar surface area (TPSA) is 97.5 Å². The van der Waals surface area contributed by atoms with E-state index >= 15 is 0 Å². The standard InChI is InChI=1S/C20H35N7S2/c1-6-8-9-18(22)29-13-11-24-19(16-14-25-26(4)15-16)27(5)20(23-3)17(21)10-12-28-7-2/h6,9-10,14-15,19,24H,1,7-8,11-13,21-22H2,2-5H3/b17-10-,18-9-,23-20-. The molecule has 1 aromatic rings. The number of nitrogens with two attached hydrogens (primary N) is 2. The highest BCUT2D eigenvalue weighted by Gasteiger charge is 2.22. The van der Waals surface area contributed by atoms with Crippen LogP contribution in [0, 0.1) is 0 Å². The highest BCUT2D eigenvalue weighted by Crippen LogP contribution is 2.19. The Balaban J connectivity index is 2.86. The fourth-order valence-electron chi connectivity index (χ4n) is 2.65. The molecule has 7 nitrogen and oxygen atoms in total. The molecule has 1 atom stereocenters. The summed E-state index contributed by atoms with van der Waals surface area (Å²) in [7, 11) is 5.67. The molecule has 1 heterocycles. The van der Waals surface area contributed by atoms with Crippen LogP contribution in [0.3, 0.4) is 0 Å². The predicted molar refractivity (Wildman–Crippen MR) is 130 cm³/mol. The van der Waals surface area contributed by atoms with Crippen LogP contribution in [0.4, 0.5) is 0 Å². The number of aliphatic imine (C=N–C) groups is 1. The lowest BCUT2D eigenvalue weighted by atomic mass is 10.2. The molecule has 1 rings (SSSR count). The van der Waals surface area contributed by atoms with Crippen LogP contribution in [0.1, 0.15) is 25.1 Å².